The standard InChI is InChI=1S/C29H32FNO8/c1-17-25(11-9-21(32)13-23(34)15-27(36)38-3)29(19-5-7-20(30)8-6-19)26(18(2)31-17)12-10-22(33)14-24(35)16-28(37)39-4/h5-12,21-22,32-33H,13-16H2,1-4H3. The van der Waals surface area contributed by atoms with Crippen molar-refractivity contribution in [2.45, 2.75) is 51.7 Å². The van der Waals surface area contributed by atoms with E-state index in [1.165, 1.54) is 38.5 Å². The molecular weight excluding hydrogens is 509 g/mol. The largest absolute Gasteiger partial charge is 0.469 e. The molecule has 2 unspecified atom stereocenters. The monoisotopic (exact) mass is 541 g/mol. The van der Waals surface area contributed by atoms with Gasteiger partial charge in [-0.1, -0.05) is 36.4 Å². The number of ketones is 2. The molecule has 0 fully saturated rings. The van der Waals surface area contributed by atoms with Crippen LogP contribution in [0.2, 0.25) is 0 Å². The van der Waals surface area contributed by atoms with Gasteiger partial charge in [-0.05, 0) is 37.1 Å². The number of carbonyl (C=O) groups excluding carboxylic acids is 4. The number of aromatic nitrogens is 1. The van der Waals surface area contributed by atoms with Crippen LogP contribution in [0.5, 0.6) is 0 Å². The minimum atomic E-state index is -1.19. The average molecular weight is 542 g/mol. The first-order valence-corrected chi connectivity index (χ1v) is 12.1. The van der Waals surface area contributed by atoms with E-state index in [1.54, 1.807) is 38.1 Å². The molecule has 2 rings (SSSR count). The van der Waals surface area contributed by atoms with Crippen molar-refractivity contribution >= 4 is 35.7 Å². The van der Waals surface area contributed by atoms with Gasteiger partial charge >= 0.3 is 11.9 Å². The second kappa shape index (κ2) is 14.8. The topological polar surface area (TPSA) is 140 Å². The lowest BCUT2D eigenvalue weighted by Crippen LogP contribution is -2.15. The number of benzene rings is 1. The van der Waals surface area contributed by atoms with Gasteiger partial charge in [-0.15, -0.1) is 0 Å². The van der Waals surface area contributed by atoms with Crippen LogP contribution in [0, 0.1) is 19.7 Å². The molecule has 39 heavy (non-hydrogen) atoms. The Morgan fingerprint density at radius 3 is 1.62 bits per heavy atom. The number of ether oxygens (including phenoxy) is 2. The molecule has 0 bridgehead atoms. The van der Waals surface area contributed by atoms with Gasteiger partial charge in [0.25, 0.3) is 0 Å². The Hall–Kier alpha value is -4.02. The molecule has 10 heteroatoms. The third kappa shape index (κ3) is 9.66. The van der Waals surface area contributed by atoms with Crippen LogP contribution in [-0.2, 0) is 28.7 Å². The molecule has 1 heterocycles. The van der Waals surface area contributed by atoms with Crippen LogP contribution < -0.4 is 0 Å². The quantitative estimate of drug-likeness (QED) is 0.289. The first-order chi connectivity index (χ1) is 18.4. The molecule has 2 aromatic rings. The Morgan fingerprint density at radius 2 is 1.23 bits per heavy atom. The van der Waals surface area contributed by atoms with E-state index in [9.17, 15) is 33.8 Å². The maximum atomic E-state index is 13.7. The molecule has 0 spiro atoms. The molecular formula is C29H32FNO8. The molecule has 0 saturated carbocycles. The van der Waals surface area contributed by atoms with Gasteiger partial charge in [0.15, 0.2) is 0 Å². The zero-order chi connectivity index (χ0) is 29.1. The number of aryl methyl sites for hydroxylation is 2. The van der Waals surface area contributed by atoms with Gasteiger partial charge in [-0.25, -0.2) is 4.39 Å². The molecule has 0 saturated heterocycles. The van der Waals surface area contributed by atoms with Gasteiger partial charge in [0.1, 0.15) is 30.2 Å². The summed E-state index contributed by atoms with van der Waals surface area (Å²) in [5, 5.41) is 20.8. The van der Waals surface area contributed by atoms with Crippen molar-refractivity contribution in [2.75, 3.05) is 14.2 Å². The molecule has 1 aromatic heterocycles. The second-order valence-corrected chi connectivity index (χ2v) is 8.84. The summed E-state index contributed by atoms with van der Waals surface area (Å²) in [6.45, 7) is 3.50. The first-order valence-electron chi connectivity index (χ1n) is 12.1. The van der Waals surface area contributed by atoms with Gasteiger partial charge < -0.3 is 19.7 Å². The maximum Gasteiger partial charge on any atom is 0.313 e. The minimum absolute atomic E-state index is 0.297. The third-order valence-corrected chi connectivity index (χ3v) is 5.77. The van der Waals surface area contributed by atoms with Gasteiger partial charge in [-0.3, -0.25) is 24.2 Å². The van der Waals surface area contributed by atoms with Crippen LogP contribution in [0.15, 0.2) is 36.4 Å². The van der Waals surface area contributed by atoms with E-state index in [0.717, 1.165) is 0 Å². The van der Waals surface area contributed by atoms with Gasteiger partial charge in [0.2, 0.25) is 0 Å². The van der Waals surface area contributed by atoms with Gasteiger partial charge in [0.05, 0.1) is 26.4 Å². The number of aliphatic hydroxyl groups excluding tert-OH is 2. The zero-order valence-electron chi connectivity index (χ0n) is 22.3. The number of esters is 2. The number of carbonyl (C=O) groups is 4. The van der Waals surface area contributed by atoms with Gasteiger partial charge in [0, 0.05) is 35.4 Å². The zero-order valence-corrected chi connectivity index (χ0v) is 22.3. The highest BCUT2D eigenvalue weighted by Crippen LogP contribution is 2.33. The third-order valence-electron chi connectivity index (χ3n) is 5.77. The summed E-state index contributed by atoms with van der Waals surface area (Å²) >= 11 is 0. The number of nitrogens with zero attached hydrogens (tertiary/aromatic N) is 1. The highest BCUT2D eigenvalue weighted by molar-refractivity contribution is 5.96. The van der Waals surface area contributed by atoms with Crippen LogP contribution >= 0.6 is 0 Å². The second-order valence-electron chi connectivity index (χ2n) is 8.84. The fraction of sp³-hybridized carbons (Fsp3) is 0.345. The lowest BCUT2D eigenvalue weighted by molar-refractivity contribution is -0.145. The van der Waals surface area contributed by atoms with Crippen molar-refractivity contribution in [2.24, 2.45) is 0 Å². The lowest BCUT2D eigenvalue weighted by atomic mass is 9.91. The van der Waals surface area contributed by atoms with E-state index < -0.39 is 54.4 Å². The number of pyridine rings is 1. The van der Waals surface area contributed by atoms with Crippen LogP contribution in [-0.4, -0.2) is 65.1 Å². The lowest BCUT2D eigenvalue weighted by Gasteiger charge is -2.17. The molecule has 2 atom stereocenters. The summed E-state index contributed by atoms with van der Waals surface area (Å²) in [7, 11) is 2.34. The molecule has 2 N–H and O–H groups in total. The molecule has 9 nitrogen and oxygen atoms in total. The summed E-state index contributed by atoms with van der Waals surface area (Å²) < 4.78 is 22.6. The van der Waals surface area contributed by atoms with Crippen molar-refractivity contribution in [3.05, 3.63) is 64.7 Å². The summed E-state index contributed by atoms with van der Waals surface area (Å²) in [6.07, 6.45) is 2.10. The highest BCUT2D eigenvalue weighted by atomic mass is 19.1. The fourth-order valence-electron chi connectivity index (χ4n) is 3.84. The summed E-state index contributed by atoms with van der Waals surface area (Å²) in [5.74, 6) is -2.81. The summed E-state index contributed by atoms with van der Waals surface area (Å²) in [6, 6.07) is 5.74. The smallest absolute Gasteiger partial charge is 0.313 e. The van der Waals surface area contributed by atoms with E-state index in [4.69, 9.17) is 0 Å². The number of aliphatic hydroxyl groups is 2. The predicted molar refractivity (Wildman–Crippen MR) is 142 cm³/mol. The minimum Gasteiger partial charge on any atom is -0.469 e. The number of hydrogen-bond acceptors (Lipinski definition) is 9. The molecule has 0 aliphatic rings. The van der Waals surface area contributed by atoms with E-state index in [-0.39, 0.29) is 12.8 Å². The van der Waals surface area contributed by atoms with Crippen molar-refractivity contribution in [3.8, 4) is 11.1 Å². The first kappa shape index (κ1) is 31.2. The number of rotatable bonds is 13. The molecule has 0 aliphatic heterocycles. The van der Waals surface area contributed by atoms with E-state index in [1.807, 2.05) is 0 Å². The Labute approximate surface area is 226 Å². The van der Waals surface area contributed by atoms with Crippen LogP contribution in [0.3, 0.4) is 0 Å². The Morgan fingerprint density at radius 1 is 0.821 bits per heavy atom. The van der Waals surface area contributed by atoms with Crippen LogP contribution in [0.25, 0.3) is 23.3 Å². The number of hydrogen-bond donors (Lipinski definition) is 2. The number of methoxy groups -OCH3 is 2. The summed E-state index contributed by atoms with van der Waals surface area (Å²) in [4.78, 5) is 51.2. The van der Waals surface area contributed by atoms with Gasteiger partial charge in [-0.2, -0.15) is 0 Å². The molecule has 0 aliphatic carbocycles. The maximum absolute atomic E-state index is 13.7. The average Bonchev–Trinajstić information content (AvgIpc) is 2.87. The number of halogens is 1. The van der Waals surface area contributed by atoms with Crippen molar-refractivity contribution in [1.82, 2.24) is 4.98 Å². The van der Waals surface area contributed by atoms with E-state index in [2.05, 4.69) is 14.5 Å². The van der Waals surface area contributed by atoms with E-state index >= 15 is 0 Å². The highest BCUT2D eigenvalue weighted by Gasteiger charge is 2.18. The van der Waals surface area contributed by atoms with Crippen molar-refractivity contribution < 1.29 is 43.3 Å². The normalized spacial score (nSPS) is 12.9. The Balaban J connectivity index is 2.45. The van der Waals surface area contributed by atoms with E-state index in [0.29, 0.717) is 33.6 Å². The molecule has 0 amide bonds. The summed E-state index contributed by atoms with van der Waals surface area (Å²) in [5.41, 5.74) is 3.56. The van der Waals surface area contributed by atoms with Crippen molar-refractivity contribution in [3.63, 3.8) is 0 Å². The van der Waals surface area contributed by atoms with Crippen LogP contribution in [0.4, 0.5) is 4.39 Å². The molecule has 0 radical (unpaired) electrons. The van der Waals surface area contributed by atoms with Crippen molar-refractivity contribution in [1.29, 1.82) is 0 Å². The Bertz CT molecular complexity index is 1190. The SMILES string of the molecule is COC(=O)CC(=O)CC(O)C=Cc1c(C)nc(C)c(C=CC(O)CC(=O)CC(=O)OC)c1-c1ccc(F)cc1. The molecule has 1 aromatic carbocycles. The fourth-order valence-corrected chi connectivity index (χ4v) is 3.84. The molecule has 208 valence electrons. The van der Waals surface area contributed by atoms with Crippen LogP contribution in [0.1, 0.15) is 48.2 Å². The number of Topliss-reactive ketones (excluding diaryl/α,β-unsaturated/α-hetero) is 2. The Kier molecular flexibility index (Phi) is 11.8. The predicted octanol–water partition coefficient (Wildman–Crippen LogP) is 3.30.